The summed E-state index contributed by atoms with van der Waals surface area (Å²) in [5, 5.41) is 22.1. The van der Waals surface area contributed by atoms with Gasteiger partial charge in [-0.15, -0.1) is 0 Å². The van der Waals surface area contributed by atoms with Crippen LogP contribution < -0.4 is 0 Å². The molecule has 4 aliphatic rings. The first kappa shape index (κ1) is 20.5. The molecule has 0 radical (unpaired) electrons. The molecule has 0 aromatic rings. The third-order valence-corrected chi connectivity index (χ3v) is 8.66. The topological polar surface area (TPSA) is 101 Å². The zero-order chi connectivity index (χ0) is 21.4. The van der Waals surface area contributed by atoms with E-state index in [1.165, 1.54) is 19.9 Å². The van der Waals surface area contributed by atoms with Crippen molar-refractivity contribution in [1.29, 1.82) is 0 Å². The number of rotatable bonds is 2. The molecule has 0 spiro atoms. The molecule has 6 heteroatoms. The van der Waals surface area contributed by atoms with Gasteiger partial charge in [0, 0.05) is 17.8 Å². The van der Waals surface area contributed by atoms with Gasteiger partial charge in [0.2, 0.25) is 0 Å². The minimum Gasteiger partial charge on any atom is -0.451 e. The Morgan fingerprint density at radius 3 is 2.38 bits per heavy atom. The lowest BCUT2D eigenvalue weighted by Crippen LogP contribution is -2.63. The second-order valence-corrected chi connectivity index (χ2v) is 9.82. The maximum atomic E-state index is 12.7. The highest BCUT2D eigenvalue weighted by molar-refractivity contribution is 6.01. The van der Waals surface area contributed by atoms with Crippen molar-refractivity contribution in [2.24, 2.45) is 28.6 Å². The Kier molecular flexibility index (Phi) is 4.49. The van der Waals surface area contributed by atoms with Crippen LogP contribution in [0.3, 0.4) is 0 Å². The zero-order valence-corrected chi connectivity index (χ0v) is 17.5. The van der Waals surface area contributed by atoms with Gasteiger partial charge in [-0.2, -0.15) is 0 Å². The van der Waals surface area contributed by atoms with Crippen LogP contribution >= 0.6 is 0 Å². The van der Waals surface area contributed by atoms with Crippen LogP contribution in [0.1, 0.15) is 53.4 Å². The predicted octanol–water partition coefficient (Wildman–Crippen LogP) is 2.13. The van der Waals surface area contributed by atoms with Gasteiger partial charge in [0.15, 0.2) is 17.2 Å². The summed E-state index contributed by atoms with van der Waals surface area (Å²) < 4.78 is 5.72. The van der Waals surface area contributed by atoms with Gasteiger partial charge in [-0.3, -0.25) is 14.4 Å². The molecule has 0 heterocycles. The van der Waals surface area contributed by atoms with Crippen molar-refractivity contribution in [3.8, 4) is 0 Å². The highest BCUT2D eigenvalue weighted by Crippen LogP contribution is 2.67. The van der Waals surface area contributed by atoms with E-state index in [1.807, 2.05) is 19.9 Å². The molecule has 3 fully saturated rings. The average molecular weight is 402 g/mol. The molecule has 0 aliphatic heterocycles. The first-order valence-electron chi connectivity index (χ1n) is 10.5. The predicted molar refractivity (Wildman–Crippen MR) is 105 cm³/mol. The average Bonchev–Trinajstić information content (AvgIpc) is 2.94. The number of hydrogen-bond donors (Lipinski definition) is 2. The Morgan fingerprint density at radius 2 is 1.76 bits per heavy atom. The smallest absolute Gasteiger partial charge is 0.303 e. The summed E-state index contributed by atoms with van der Waals surface area (Å²) in [6, 6.07) is 0. The molecule has 4 aliphatic carbocycles. The molecule has 0 bridgehead atoms. The van der Waals surface area contributed by atoms with Crippen molar-refractivity contribution in [3.05, 3.63) is 23.8 Å². The minimum atomic E-state index is -1.19. The number of aliphatic hydroxyl groups is 2. The molecule has 158 valence electrons. The van der Waals surface area contributed by atoms with Crippen LogP contribution in [0.5, 0.6) is 0 Å². The van der Waals surface area contributed by atoms with Gasteiger partial charge in [-0.25, -0.2) is 0 Å². The van der Waals surface area contributed by atoms with Crippen molar-refractivity contribution < 1.29 is 29.3 Å². The van der Waals surface area contributed by atoms with Gasteiger partial charge < -0.3 is 14.9 Å². The maximum absolute atomic E-state index is 12.7. The number of aliphatic hydroxyl groups excluding tert-OH is 2. The Morgan fingerprint density at radius 1 is 1.10 bits per heavy atom. The molecule has 4 rings (SSSR count). The molecule has 0 aromatic carbocycles. The lowest BCUT2D eigenvalue weighted by atomic mass is 9.46. The molecule has 0 amide bonds. The SMILES string of the molecule is CC(=O)O[C@]1(C(C)=O)CC[C@H]2[C@@H]3C(O)C(O)C4=CC(=O)C=C[C@]4(C)[C@H]3CC[C@@]21C. The molecular weight excluding hydrogens is 372 g/mol. The van der Waals surface area contributed by atoms with Gasteiger partial charge in [0.25, 0.3) is 0 Å². The number of Topliss-reactive ketones (excluding diaryl/α,β-unsaturated/α-hetero) is 1. The summed E-state index contributed by atoms with van der Waals surface area (Å²) >= 11 is 0. The van der Waals surface area contributed by atoms with Crippen LogP contribution in [-0.2, 0) is 19.1 Å². The van der Waals surface area contributed by atoms with Crippen LogP contribution in [0.25, 0.3) is 0 Å². The first-order valence-corrected chi connectivity index (χ1v) is 10.5. The molecule has 0 aromatic heterocycles. The van der Waals surface area contributed by atoms with Crippen LogP contribution in [0.4, 0.5) is 0 Å². The van der Waals surface area contributed by atoms with E-state index < -0.39 is 34.6 Å². The second-order valence-electron chi connectivity index (χ2n) is 9.82. The quantitative estimate of drug-likeness (QED) is 0.686. The zero-order valence-electron chi connectivity index (χ0n) is 17.5. The fourth-order valence-corrected chi connectivity index (χ4v) is 7.28. The van der Waals surface area contributed by atoms with Gasteiger partial charge in [-0.05, 0) is 68.1 Å². The Bertz CT molecular complexity index is 842. The van der Waals surface area contributed by atoms with E-state index >= 15 is 0 Å². The van der Waals surface area contributed by atoms with E-state index in [0.717, 1.165) is 0 Å². The first-order chi connectivity index (χ1) is 13.5. The number of allylic oxidation sites excluding steroid dienone is 3. The van der Waals surface area contributed by atoms with Crippen molar-refractivity contribution in [2.75, 3.05) is 0 Å². The maximum Gasteiger partial charge on any atom is 0.303 e. The van der Waals surface area contributed by atoms with Crippen LogP contribution in [0.15, 0.2) is 23.8 Å². The molecule has 2 N–H and O–H groups in total. The molecule has 29 heavy (non-hydrogen) atoms. The van der Waals surface area contributed by atoms with E-state index in [0.29, 0.717) is 31.3 Å². The van der Waals surface area contributed by atoms with Crippen LogP contribution in [0, 0.1) is 28.6 Å². The van der Waals surface area contributed by atoms with Crippen molar-refractivity contribution in [2.45, 2.75) is 71.2 Å². The summed E-state index contributed by atoms with van der Waals surface area (Å²) in [5.74, 6) is -1.08. The van der Waals surface area contributed by atoms with Crippen LogP contribution in [0.2, 0.25) is 0 Å². The molecule has 6 nitrogen and oxygen atoms in total. The highest BCUT2D eigenvalue weighted by Gasteiger charge is 2.69. The Balaban J connectivity index is 1.79. The third-order valence-electron chi connectivity index (χ3n) is 8.66. The summed E-state index contributed by atoms with van der Waals surface area (Å²) in [7, 11) is 0. The standard InChI is InChI=1S/C23H30O6/c1-12(24)23(29-13(2)25)10-7-16-18-15(6-9-22(16,23)4)21(3)8-5-14(26)11-17(21)19(27)20(18)28/h5,8,11,15-16,18-20,27-28H,6-7,9-10H2,1-4H3/t15-,16-,18+,19?,20?,21+,22-,23-/m0/s1. The van der Waals surface area contributed by atoms with Gasteiger partial charge in [0.05, 0.1) is 6.10 Å². The van der Waals surface area contributed by atoms with Crippen molar-refractivity contribution in [1.82, 2.24) is 0 Å². The summed E-state index contributed by atoms with van der Waals surface area (Å²) in [5.41, 5.74) is -1.72. The third kappa shape index (κ3) is 2.51. The fourth-order valence-electron chi connectivity index (χ4n) is 7.28. The largest absolute Gasteiger partial charge is 0.451 e. The molecular formula is C23H30O6. The number of hydrogen-bond acceptors (Lipinski definition) is 6. The molecule has 0 saturated heterocycles. The number of ether oxygens (including phenoxy) is 1. The van der Waals surface area contributed by atoms with Crippen LogP contribution in [-0.4, -0.2) is 45.6 Å². The minimum absolute atomic E-state index is 0.0367. The molecule has 8 atom stereocenters. The summed E-state index contributed by atoms with van der Waals surface area (Å²) in [6.45, 7) is 6.83. The molecule has 2 unspecified atom stereocenters. The van der Waals surface area contributed by atoms with E-state index in [2.05, 4.69) is 0 Å². The monoisotopic (exact) mass is 402 g/mol. The highest BCUT2D eigenvalue weighted by atomic mass is 16.6. The van der Waals surface area contributed by atoms with Crippen molar-refractivity contribution in [3.63, 3.8) is 0 Å². The fraction of sp³-hybridized carbons (Fsp3) is 0.696. The van der Waals surface area contributed by atoms with E-state index in [4.69, 9.17) is 4.74 Å². The summed E-state index contributed by atoms with van der Waals surface area (Å²) in [6.07, 6.45) is 5.21. The summed E-state index contributed by atoms with van der Waals surface area (Å²) in [4.78, 5) is 36.6. The number of ketones is 2. The number of esters is 1. The van der Waals surface area contributed by atoms with E-state index in [9.17, 15) is 24.6 Å². The molecule has 3 saturated carbocycles. The number of carbonyl (C=O) groups excluding carboxylic acids is 3. The second kappa shape index (κ2) is 6.35. The lowest BCUT2D eigenvalue weighted by molar-refractivity contribution is -0.194. The van der Waals surface area contributed by atoms with E-state index in [1.54, 1.807) is 6.08 Å². The Labute approximate surface area is 171 Å². The van der Waals surface area contributed by atoms with Gasteiger partial charge >= 0.3 is 5.97 Å². The Hall–Kier alpha value is -1.79. The number of fused-ring (bicyclic) bond motifs is 5. The van der Waals surface area contributed by atoms with E-state index in [-0.39, 0.29) is 29.3 Å². The normalized spacial score (nSPS) is 48.3. The number of carbonyl (C=O) groups is 3. The van der Waals surface area contributed by atoms with Gasteiger partial charge in [-0.1, -0.05) is 19.9 Å². The lowest BCUT2D eigenvalue weighted by Gasteiger charge is -2.60. The van der Waals surface area contributed by atoms with Gasteiger partial charge in [0.1, 0.15) is 6.10 Å². The van der Waals surface area contributed by atoms with Crippen molar-refractivity contribution >= 4 is 17.5 Å².